The van der Waals surface area contributed by atoms with Crippen molar-refractivity contribution in [3.05, 3.63) is 33.7 Å². The van der Waals surface area contributed by atoms with Gasteiger partial charge in [0.05, 0.1) is 6.04 Å². The van der Waals surface area contributed by atoms with E-state index in [4.69, 9.17) is 4.74 Å². The lowest BCUT2D eigenvalue weighted by Crippen LogP contribution is -2.53. The van der Waals surface area contributed by atoms with E-state index in [0.29, 0.717) is 26.2 Å². The van der Waals surface area contributed by atoms with E-state index >= 15 is 0 Å². The second-order valence-electron chi connectivity index (χ2n) is 5.11. The van der Waals surface area contributed by atoms with E-state index in [2.05, 4.69) is 4.98 Å². The molecule has 3 heterocycles. The number of pyridine rings is 1. The van der Waals surface area contributed by atoms with Gasteiger partial charge in [-0.3, -0.25) is 14.5 Å². The minimum atomic E-state index is -0.314. The molecule has 3 rings (SSSR count). The molecule has 1 aromatic rings. The number of amides is 2. The van der Waals surface area contributed by atoms with Gasteiger partial charge in [-0.25, -0.2) is 4.79 Å². The van der Waals surface area contributed by atoms with Crippen LogP contribution < -0.4 is 5.56 Å². The standard InChI is InChI=1S/C13H15N3O4/c1-8-4-10(14-11(17)5-8)12(18)15-2-3-16-9(6-15)7-20-13(16)19/h4-5,9H,2-3,6-7H2,1H3,(H,14,17). The highest BCUT2D eigenvalue weighted by Gasteiger charge is 2.38. The van der Waals surface area contributed by atoms with Crippen molar-refractivity contribution in [3.8, 4) is 0 Å². The number of cyclic esters (lactones) is 1. The summed E-state index contributed by atoms with van der Waals surface area (Å²) in [5, 5.41) is 0. The molecule has 2 aliphatic heterocycles. The van der Waals surface area contributed by atoms with Gasteiger partial charge in [-0.05, 0) is 18.6 Å². The van der Waals surface area contributed by atoms with Gasteiger partial charge < -0.3 is 14.6 Å². The summed E-state index contributed by atoms with van der Waals surface area (Å²) in [4.78, 5) is 41.1. The Balaban J connectivity index is 1.78. The SMILES string of the molecule is Cc1cc(C(=O)N2CCN3C(=O)OCC3C2)[nH]c(=O)c1. The normalized spacial score (nSPS) is 21.6. The average Bonchev–Trinajstić information content (AvgIpc) is 2.78. The highest BCUT2D eigenvalue weighted by molar-refractivity contribution is 5.92. The van der Waals surface area contributed by atoms with Crippen LogP contribution in [0.3, 0.4) is 0 Å². The number of hydrogen-bond acceptors (Lipinski definition) is 4. The van der Waals surface area contributed by atoms with Crippen LogP contribution in [0.15, 0.2) is 16.9 Å². The van der Waals surface area contributed by atoms with E-state index in [0.717, 1.165) is 5.56 Å². The molecule has 2 fully saturated rings. The maximum Gasteiger partial charge on any atom is 0.410 e. The number of nitrogens with one attached hydrogen (secondary N) is 1. The Kier molecular flexibility index (Phi) is 2.96. The first-order valence-electron chi connectivity index (χ1n) is 6.48. The third-order valence-corrected chi connectivity index (χ3v) is 3.62. The molecule has 7 nitrogen and oxygen atoms in total. The predicted octanol–water partition coefficient (Wildman–Crippen LogP) is -0.0401. The summed E-state index contributed by atoms with van der Waals surface area (Å²) in [6, 6.07) is 3.02. The first-order chi connectivity index (χ1) is 9.54. The van der Waals surface area contributed by atoms with Crippen molar-refractivity contribution in [2.24, 2.45) is 0 Å². The van der Waals surface area contributed by atoms with E-state index in [-0.39, 0.29) is 29.3 Å². The van der Waals surface area contributed by atoms with Gasteiger partial charge in [-0.15, -0.1) is 0 Å². The number of rotatable bonds is 1. The average molecular weight is 277 g/mol. The highest BCUT2D eigenvalue weighted by atomic mass is 16.6. The van der Waals surface area contributed by atoms with Gasteiger partial charge in [-0.1, -0.05) is 0 Å². The maximum atomic E-state index is 12.4. The van der Waals surface area contributed by atoms with E-state index in [1.807, 2.05) is 0 Å². The lowest BCUT2D eigenvalue weighted by atomic mass is 10.1. The second-order valence-corrected chi connectivity index (χ2v) is 5.11. The lowest BCUT2D eigenvalue weighted by Gasteiger charge is -2.35. The first kappa shape index (κ1) is 12.7. The Hall–Kier alpha value is -2.31. The first-order valence-corrected chi connectivity index (χ1v) is 6.48. The van der Waals surface area contributed by atoms with Gasteiger partial charge in [0.25, 0.3) is 5.91 Å². The fourth-order valence-electron chi connectivity index (χ4n) is 2.64. The van der Waals surface area contributed by atoms with Crippen LogP contribution in [0.5, 0.6) is 0 Å². The number of ether oxygens (including phenoxy) is 1. The maximum absolute atomic E-state index is 12.4. The van der Waals surface area contributed by atoms with Crippen LogP contribution in [0.25, 0.3) is 0 Å². The zero-order chi connectivity index (χ0) is 14.3. The number of piperazine rings is 1. The number of nitrogens with zero attached hydrogens (tertiary/aromatic N) is 2. The van der Waals surface area contributed by atoms with Crippen molar-refractivity contribution in [3.63, 3.8) is 0 Å². The summed E-state index contributed by atoms with van der Waals surface area (Å²) in [6.45, 7) is 3.42. The van der Waals surface area contributed by atoms with E-state index in [1.165, 1.54) is 6.07 Å². The summed E-state index contributed by atoms with van der Waals surface area (Å²) in [5.41, 5.74) is 0.746. The molecule has 0 aromatic carbocycles. The molecule has 2 amide bonds. The Morgan fingerprint density at radius 2 is 2.15 bits per heavy atom. The van der Waals surface area contributed by atoms with Crippen molar-refractivity contribution in [2.75, 3.05) is 26.2 Å². The summed E-state index contributed by atoms with van der Waals surface area (Å²) in [7, 11) is 0. The number of fused-ring (bicyclic) bond motifs is 1. The molecule has 2 aliphatic rings. The van der Waals surface area contributed by atoms with Gasteiger partial charge in [0.1, 0.15) is 12.3 Å². The smallest absolute Gasteiger partial charge is 0.410 e. The molecule has 1 aromatic heterocycles. The topological polar surface area (TPSA) is 82.7 Å². The van der Waals surface area contributed by atoms with Crippen LogP contribution in [-0.4, -0.2) is 59.1 Å². The molecule has 0 saturated carbocycles. The van der Waals surface area contributed by atoms with Crippen molar-refractivity contribution in [1.82, 2.24) is 14.8 Å². The number of aromatic nitrogens is 1. The fourth-order valence-corrected chi connectivity index (χ4v) is 2.64. The molecule has 0 radical (unpaired) electrons. The third kappa shape index (κ3) is 2.15. The summed E-state index contributed by atoms with van der Waals surface area (Å²) >= 11 is 0. The molecule has 106 valence electrons. The zero-order valence-corrected chi connectivity index (χ0v) is 11.1. The number of carbonyl (C=O) groups excluding carboxylic acids is 2. The third-order valence-electron chi connectivity index (χ3n) is 3.62. The molecule has 1 unspecified atom stereocenters. The van der Waals surface area contributed by atoms with Crippen molar-refractivity contribution < 1.29 is 14.3 Å². The molecule has 0 spiro atoms. The number of H-pyrrole nitrogens is 1. The Morgan fingerprint density at radius 3 is 2.90 bits per heavy atom. The summed E-state index contributed by atoms with van der Waals surface area (Å²) < 4.78 is 4.96. The lowest BCUT2D eigenvalue weighted by molar-refractivity contribution is 0.0611. The van der Waals surface area contributed by atoms with Crippen LogP contribution >= 0.6 is 0 Å². The van der Waals surface area contributed by atoms with E-state index < -0.39 is 0 Å². The minimum Gasteiger partial charge on any atom is -0.447 e. The van der Waals surface area contributed by atoms with E-state index in [9.17, 15) is 14.4 Å². The molecule has 0 aliphatic carbocycles. The Bertz CT molecular complexity index is 624. The van der Waals surface area contributed by atoms with Gasteiger partial charge in [0.15, 0.2) is 0 Å². The summed E-state index contributed by atoms with van der Waals surface area (Å²) in [5.74, 6) is -0.218. The van der Waals surface area contributed by atoms with Crippen molar-refractivity contribution in [2.45, 2.75) is 13.0 Å². The molecular weight excluding hydrogens is 262 g/mol. The molecule has 1 N–H and O–H groups in total. The zero-order valence-electron chi connectivity index (χ0n) is 11.1. The minimum absolute atomic E-state index is 0.0864. The quantitative estimate of drug-likeness (QED) is 0.781. The van der Waals surface area contributed by atoms with Gasteiger partial charge >= 0.3 is 6.09 Å². The molecule has 0 bridgehead atoms. The summed E-state index contributed by atoms with van der Waals surface area (Å²) in [6.07, 6.45) is -0.314. The van der Waals surface area contributed by atoms with Gasteiger partial charge in [-0.2, -0.15) is 0 Å². The molecule has 1 atom stereocenters. The van der Waals surface area contributed by atoms with Crippen molar-refractivity contribution >= 4 is 12.0 Å². The van der Waals surface area contributed by atoms with Crippen molar-refractivity contribution in [1.29, 1.82) is 0 Å². The monoisotopic (exact) mass is 277 g/mol. The van der Waals surface area contributed by atoms with Crippen LogP contribution in [0.4, 0.5) is 4.79 Å². The Labute approximate surface area is 115 Å². The van der Waals surface area contributed by atoms with E-state index in [1.54, 1.807) is 22.8 Å². The van der Waals surface area contributed by atoms with Crippen LogP contribution in [0.2, 0.25) is 0 Å². The van der Waals surface area contributed by atoms with Crippen LogP contribution in [0.1, 0.15) is 16.1 Å². The largest absolute Gasteiger partial charge is 0.447 e. The van der Waals surface area contributed by atoms with Gasteiger partial charge in [0, 0.05) is 25.7 Å². The van der Waals surface area contributed by atoms with Crippen LogP contribution in [0, 0.1) is 6.92 Å². The fraction of sp³-hybridized carbons (Fsp3) is 0.462. The molecular formula is C13H15N3O4. The van der Waals surface area contributed by atoms with Gasteiger partial charge in [0.2, 0.25) is 5.56 Å². The molecule has 2 saturated heterocycles. The Morgan fingerprint density at radius 1 is 1.35 bits per heavy atom. The highest BCUT2D eigenvalue weighted by Crippen LogP contribution is 2.18. The molecule has 20 heavy (non-hydrogen) atoms. The number of aromatic amines is 1. The predicted molar refractivity (Wildman–Crippen MR) is 69.5 cm³/mol. The number of hydrogen-bond donors (Lipinski definition) is 1. The second kappa shape index (κ2) is 4.66. The molecule has 7 heteroatoms. The number of carbonyl (C=O) groups is 2. The number of aryl methyl sites for hydroxylation is 1. The van der Waals surface area contributed by atoms with Crippen LogP contribution in [-0.2, 0) is 4.74 Å².